The molecular formula is C26H34CsF2N2O3-. The van der Waals surface area contributed by atoms with E-state index in [2.05, 4.69) is 17.2 Å². The molecule has 1 unspecified atom stereocenters. The van der Waals surface area contributed by atoms with Crippen LogP contribution >= 0.6 is 0 Å². The quantitative estimate of drug-likeness (QED) is 0.249. The fourth-order valence-electron chi connectivity index (χ4n) is 3.53. The van der Waals surface area contributed by atoms with E-state index in [9.17, 15) is 13.6 Å². The Labute approximate surface area is 260 Å². The molecule has 2 aromatic carbocycles. The Kier molecular flexibility index (Phi) is 17.1. The van der Waals surface area contributed by atoms with Gasteiger partial charge in [-0.25, -0.2) is 13.6 Å². The third-order valence-electron chi connectivity index (χ3n) is 5.30. The number of hydrogen-bond donors (Lipinski definition) is 3. The molecule has 0 radical (unpaired) electrons. The molecule has 1 heterocycles. The number of rotatable bonds is 10. The van der Waals surface area contributed by atoms with Gasteiger partial charge in [0.05, 0.1) is 12.7 Å². The first-order valence-electron chi connectivity index (χ1n) is 10.6. The summed E-state index contributed by atoms with van der Waals surface area (Å²) in [4.78, 5) is 13.4. The van der Waals surface area contributed by atoms with Crippen molar-refractivity contribution in [2.75, 3.05) is 13.7 Å². The van der Waals surface area contributed by atoms with Gasteiger partial charge >= 0.3 is 74.9 Å². The fourth-order valence-corrected chi connectivity index (χ4v) is 3.53. The number of halogens is 2. The number of aryl methyl sites for hydroxylation is 1. The van der Waals surface area contributed by atoms with E-state index in [1.807, 2.05) is 25.3 Å². The van der Waals surface area contributed by atoms with Crippen molar-refractivity contribution in [3.05, 3.63) is 79.7 Å². The predicted molar refractivity (Wildman–Crippen MR) is 130 cm³/mol. The number of carbonyl (C=O) groups is 1. The number of carboxylic acids is 1. The van der Waals surface area contributed by atoms with E-state index in [1.165, 1.54) is 0 Å². The summed E-state index contributed by atoms with van der Waals surface area (Å²) in [6.45, 7) is 7.14. The second-order valence-corrected chi connectivity index (χ2v) is 7.56. The van der Waals surface area contributed by atoms with Crippen LogP contribution in [-0.2, 0) is 6.54 Å². The molecule has 8 heteroatoms. The van der Waals surface area contributed by atoms with Crippen LogP contribution in [0.15, 0.2) is 48.7 Å². The molecule has 5 nitrogen and oxygen atoms in total. The minimum Gasteiger partial charge on any atom is -0.496 e. The minimum atomic E-state index is -2.25. The number of methoxy groups -OCH3 is 1. The number of aromatic nitrogens is 1. The number of carboxylic acid groups (broad SMARTS) is 1. The molecule has 0 saturated carbocycles. The zero-order valence-corrected chi connectivity index (χ0v) is 26.8. The maximum atomic E-state index is 12.5. The van der Waals surface area contributed by atoms with Crippen molar-refractivity contribution in [2.45, 2.75) is 39.2 Å². The summed E-state index contributed by atoms with van der Waals surface area (Å²) in [5.41, 5.74) is 3.67. The standard InChI is InChI=1S/C18H25F2N2O.C7H6O2.CH3.Cs/c1-4-13(10-17(19)20)5-7-21-11-15-14-6-8-22-18(14)12(2)9-16(15)23-3;8-7(9)6-4-2-1-3-5-6;;/h6,8-9,13,17,21-22H,1,4-5,7,10-11H2,2-3H3;1-5H,(H,8,9);1H3;/q-1;;-1;+1. The van der Waals surface area contributed by atoms with Crippen molar-refractivity contribution in [1.82, 2.24) is 10.3 Å². The summed E-state index contributed by atoms with van der Waals surface area (Å²) in [6, 6.07) is 12.4. The molecular weight excluding hydrogens is 559 g/mol. The van der Waals surface area contributed by atoms with Crippen LogP contribution in [0.25, 0.3) is 10.9 Å². The third kappa shape index (κ3) is 10.4. The van der Waals surface area contributed by atoms with E-state index >= 15 is 0 Å². The van der Waals surface area contributed by atoms with Crippen LogP contribution < -0.4 is 78.9 Å². The smallest absolute Gasteiger partial charge is 0.496 e. The average molecular weight is 593 g/mol. The van der Waals surface area contributed by atoms with Crippen molar-refractivity contribution >= 4 is 16.9 Å². The van der Waals surface area contributed by atoms with Gasteiger partial charge in [-0.15, -0.1) is 0 Å². The molecule has 3 aromatic rings. The van der Waals surface area contributed by atoms with E-state index in [0.29, 0.717) is 31.5 Å². The van der Waals surface area contributed by atoms with Gasteiger partial charge in [0.25, 0.3) is 0 Å². The molecule has 0 amide bonds. The molecule has 1 atom stereocenters. The van der Waals surface area contributed by atoms with Crippen LogP contribution in [0.2, 0.25) is 0 Å². The Bertz CT molecular complexity index is 981. The van der Waals surface area contributed by atoms with Crippen LogP contribution in [0.4, 0.5) is 8.78 Å². The summed E-state index contributed by atoms with van der Waals surface area (Å²) in [5.74, 6) is -0.0614. The molecule has 0 bridgehead atoms. The first-order valence-corrected chi connectivity index (χ1v) is 10.6. The number of fused-ring (bicyclic) bond motifs is 1. The van der Waals surface area contributed by atoms with Gasteiger partial charge in [-0.3, -0.25) is 0 Å². The summed E-state index contributed by atoms with van der Waals surface area (Å²) >= 11 is 0. The molecule has 34 heavy (non-hydrogen) atoms. The zero-order chi connectivity index (χ0) is 23.5. The Hall–Kier alpha value is -0.878. The molecule has 3 N–H and O–H groups in total. The van der Waals surface area contributed by atoms with E-state index in [-0.39, 0.29) is 88.7 Å². The number of nitrogens with one attached hydrogen (secondary N) is 2. The summed E-state index contributed by atoms with van der Waals surface area (Å²) in [6.07, 6.45) is 0.849. The minimum absolute atomic E-state index is 0. The van der Waals surface area contributed by atoms with E-state index in [4.69, 9.17) is 9.84 Å². The molecule has 0 fully saturated rings. The molecule has 182 valence electrons. The monoisotopic (exact) mass is 593 g/mol. The van der Waals surface area contributed by atoms with E-state index < -0.39 is 12.4 Å². The molecule has 0 aliphatic heterocycles. The SMILES string of the molecule is O=C(O)c1ccccc1.[CH2-]CC(CCNCc1c(OC)cc(C)c2[nH]ccc12)CC(F)F.[CH3-].[Cs+]. The first kappa shape index (κ1) is 33.1. The van der Waals surface area contributed by atoms with Gasteiger partial charge in [-0.05, 0) is 49.7 Å². The Morgan fingerprint density at radius 3 is 2.44 bits per heavy atom. The Balaban J connectivity index is 0.000000839. The summed E-state index contributed by atoms with van der Waals surface area (Å²) < 4.78 is 30.4. The molecule has 1 aromatic heterocycles. The topological polar surface area (TPSA) is 74.3 Å². The van der Waals surface area contributed by atoms with Gasteiger partial charge in [-0.1, -0.05) is 24.1 Å². The van der Waals surface area contributed by atoms with Crippen LogP contribution in [0.1, 0.15) is 40.7 Å². The van der Waals surface area contributed by atoms with Crippen LogP contribution in [-0.4, -0.2) is 36.1 Å². The van der Waals surface area contributed by atoms with Gasteiger partial charge in [0.2, 0.25) is 6.43 Å². The number of alkyl halides is 2. The maximum Gasteiger partial charge on any atom is 1.00 e. The van der Waals surface area contributed by atoms with E-state index in [1.54, 1.807) is 37.4 Å². The molecule has 0 spiro atoms. The average Bonchev–Trinajstić information content (AvgIpc) is 3.28. The van der Waals surface area contributed by atoms with Gasteiger partial charge < -0.3 is 34.5 Å². The summed E-state index contributed by atoms with van der Waals surface area (Å²) in [5, 5.41) is 12.9. The normalized spacial score (nSPS) is 11.1. The van der Waals surface area contributed by atoms with Crippen molar-refractivity contribution in [1.29, 1.82) is 0 Å². The maximum absolute atomic E-state index is 12.5. The number of benzene rings is 2. The first-order chi connectivity index (χ1) is 15.4. The predicted octanol–water partition coefficient (Wildman–Crippen LogP) is 3.30. The van der Waals surface area contributed by atoms with Crippen molar-refractivity contribution in [3.63, 3.8) is 0 Å². The van der Waals surface area contributed by atoms with Gasteiger partial charge in [0.1, 0.15) is 5.75 Å². The number of ether oxygens (including phenoxy) is 1. The summed E-state index contributed by atoms with van der Waals surface area (Å²) in [7, 11) is 1.66. The second-order valence-electron chi connectivity index (χ2n) is 7.56. The van der Waals surface area contributed by atoms with Crippen LogP contribution in [0.3, 0.4) is 0 Å². The van der Waals surface area contributed by atoms with E-state index in [0.717, 1.165) is 27.8 Å². The Morgan fingerprint density at radius 1 is 1.24 bits per heavy atom. The number of aromatic carboxylic acids is 1. The largest absolute Gasteiger partial charge is 1.00 e. The molecule has 3 rings (SSSR count). The van der Waals surface area contributed by atoms with Gasteiger partial charge in [0, 0.05) is 35.6 Å². The third-order valence-corrected chi connectivity index (χ3v) is 5.30. The fraction of sp³-hybridized carbons (Fsp3) is 0.346. The van der Waals surface area contributed by atoms with Crippen LogP contribution in [0.5, 0.6) is 5.75 Å². The zero-order valence-electron chi connectivity index (χ0n) is 20.5. The van der Waals surface area contributed by atoms with Crippen molar-refractivity contribution < 1.29 is 92.3 Å². The van der Waals surface area contributed by atoms with Crippen LogP contribution in [0, 0.1) is 27.2 Å². The van der Waals surface area contributed by atoms with Gasteiger partial charge in [0.15, 0.2) is 0 Å². The Morgan fingerprint density at radius 2 is 1.91 bits per heavy atom. The van der Waals surface area contributed by atoms with Crippen molar-refractivity contribution in [2.24, 2.45) is 5.92 Å². The second kappa shape index (κ2) is 17.5. The number of H-pyrrole nitrogens is 1. The molecule has 0 aliphatic rings. The number of hydrogen-bond acceptors (Lipinski definition) is 3. The molecule has 0 saturated heterocycles. The van der Waals surface area contributed by atoms with Crippen molar-refractivity contribution in [3.8, 4) is 5.75 Å². The number of aromatic amines is 1. The molecule has 0 aliphatic carbocycles. The van der Waals surface area contributed by atoms with Gasteiger partial charge in [-0.2, -0.15) is 6.42 Å².